The molecular formula is C21H19ClN4OS. The van der Waals surface area contributed by atoms with Crippen molar-refractivity contribution in [1.82, 2.24) is 19.5 Å². The molecule has 0 aliphatic heterocycles. The molecule has 2 aromatic carbocycles. The first-order chi connectivity index (χ1) is 13.6. The Balaban J connectivity index is 1.59. The second-order valence-corrected chi connectivity index (χ2v) is 7.88. The summed E-state index contributed by atoms with van der Waals surface area (Å²) in [4.78, 5) is 20.1. The Morgan fingerprint density at radius 3 is 2.54 bits per heavy atom. The Morgan fingerprint density at radius 2 is 1.82 bits per heavy atom. The lowest BCUT2D eigenvalue weighted by atomic mass is 10.2. The molecule has 0 unspecified atom stereocenters. The molecule has 0 atom stereocenters. The van der Waals surface area contributed by atoms with Gasteiger partial charge >= 0.3 is 0 Å². The maximum absolute atomic E-state index is 12.5. The third-order valence-corrected chi connectivity index (χ3v) is 5.68. The van der Waals surface area contributed by atoms with Gasteiger partial charge in [-0.25, -0.2) is 4.98 Å². The van der Waals surface area contributed by atoms with Crippen LogP contribution in [0.1, 0.15) is 18.2 Å². The van der Waals surface area contributed by atoms with E-state index < -0.39 is 0 Å². The maximum Gasteiger partial charge on any atom is 0.275 e. The smallest absolute Gasteiger partial charge is 0.275 e. The molecule has 4 aromatic rings. The van der Waals surface area contributed by atoms with E-state index in [0.717, 1.165) is 34.4 Å². The Hall–Kier alpha value is -2.54. The summed E-state index contributed by atoms with van der Waals surface area (Å²) in [5.41, 5.74) is 2.76. The molecule has 2 heterocycles. The molecule has 7 heteroatoms. The fourth-order valence-electron chi connectivity index (χ4n) is 2.99. The molecule has 0 radical (unpaired) electrons. The molecule has 0 aliphatic carbocycles. The van der Waals surface area contributed by atoms with Crippen molar-refractivity contribution in [3.63, 3.8) is 0 Å². The number of hydrogen-bond acceptors (Lipinski definition) is 5. The Morgan fingerprint density at radius 1 is 1.07 bits per heavy atom. The van der Waals surface area contributed by atoms with Crippen molar-refractivity contribution >= 4 is 27.9 Å². The van der Waals surface area contributed by atoms with Crippen molar-refractivity contribution in [2.24, 2.45) is 0 Å². The van der Waals surface area contributed by atoms with Crippen LogP contribution >= 0.6 is 22.9 Å². The van der Waals surface area contributed by atoms with Gasteiger partial charge in [0.2, 0.25) is 4.96 Å². The van der Waals surface area contributed by atoms with E-state index in [0.29, 0.717) is 11.5 Å². The summed E-state index contributed by atoms with van der Waals surface area (Å²) >= 11 is 7.39. The topological polar surface area (TPSA) is 50.5 Å². The maximum atomic E-state index is 12.5. The zero-order valence-corrected chi connectivity index (χ0v) is 17.0. The highest BCUT2D eigenvalue weighted by atomic mass is 35.5. The largest absolute Gasteiger partial charge is 0.294 e. The van der Waals surface area contributed by atoms with E-state index in [9.17, 15) is 4.79 Å². The lowest BCUT2D eigenvalue weighted by Gasteiger charge is -2.20. The summed E-state index contributed by atoms with van der Waals surface area (Å²) in [7, 11) is 0. The third-order valence-electron chi connectivity index (χ3n) is 4.47. The highest BCUT2D eigenvalue weighted by Gasteiger charge is 2.12. The molecule has 4 rings (SSSR count). The van der Waals surface area contributed by atoms with Gasteiger partial charge in [0.05, 0.1) is 5.69 Å². The molecular weight excluding hydrogens is 392 g/mol. The van der Waals surface area contributed by atoms with Gasteiger partial charge in [-0.3, -0.25) is 9.69 Å². The van der Waals surface area contributed by atoms with E-state index in [-0.39, 0.29) is 5.56 Å². The Labute approximate surface area is 171 Å². The fraction of sp³-hybridized carbons (Fsp3) is 0.190. The Bertz CT molecular complexity index is 1140. The van der Waals surface area contributed by atoms with Crippen LogP contribution in [0, 0.1) is 0 Å². The summed E-state index contributed by atoms with van der Waals surface area (Å²) in [6.07, 6.45) is 0. The van der Waals surface area contributed by atoms with Gasteiger partial charge in [-0.2, -0.15) is 9.61 Å². The van der Waals surface area contributed by atoms with Gasteiger partial charge in [-0.1, -0.05) is 72.3 Å². The van der Waals surface area contributed by atoms with Crippen molar-refractivity contribution in [3.05, 3.63) is 87.3 Å². The first kappa shape index (κ1) is 18.8. The number of nitrogens with zero attached hydrogens (tertiary/aromatic N) is 4. The first-order valence-electron chi connectivity index (χ1n) is 9.04. The lowest BCUT2D eigenvalue weighted by molar-refractivity contribution is 0.268. The van der Waals surface area contributed by atoms with Crippen LogP contribution in [0.2, 0.25) is 5.02 Å². The molecule has 142 valence electrons. The van der Waals surface area contributed by atoms with Gasteiger partial charge < -0.3 is 0 Å². The number of rotatable bonds is 6. The summed E-state index contributed by atoms with van der Waals surface area (Å²) < 4.78 is 1.38. The lowest BCUT2D eigenvalue weighted by Crippen LogP contribution is -2.25. The minimum atomic E-state index is -0.152. The predicted molar refractivity (Wildman–Crippen MR) is 114 cm³/mol. The molecule has 0 aliphatic rings. The monoisotopic (exact) mass is 410 g/mol. The van der Waals surface area contributed by atoms with Crippen LogP contribution < -0.4 is 5.56 Å². The van der Waals surface area contributed by atoms with Crippen LogP contribution in [0.4, 0.5) is 0 Å². The Kier molecular flexibility index (Phi) is 5.52. The van der Waals surface area contributed by atoms with Crippen molar-refractivity contribution in [2.75, 3.05) is 6.54 Å². The second kappa shape index (κ2) is 8.22. The first-order valence-corrected chi connectivity index (χ1v) is 10.2. The number of hydrogen-bond donors (Lipinski definition) is 0. The normalized spacial score (nSPS) is 11.4. The molecule has 0 amide bonds. The van der Waals surface area contributed by atoms with Crippen molar-refractivity contribution in [3.8, 4) is 10.6 Å². The van der Waals surface area contributed by atoms with E-state index in [2.05, 4.69) is 21.9 Å². The van der Waals surface area contributed by atoms with Gasteiger partial charge in [0.1, 0.15) is 5.01 Å². The van der Waals surface area contributed by atoms with Gasteiger partial charge in [0, 0.05) is 29.7 Å². The molecule has 0 N–H and O–H groups in total. The van der Waals surface area contributed by atoms with Crippen LogP contribution in [0.3, 0.4) is 0 Å². The molecule has 28 heavy (non-hydrogen) atoms. The van der Waals surface area contributed by atoms with Gasteiger partial charge in [0.25, 0.3) is 5.56 Å². The van der Waals surface area contributed by atoms with Crippen LogP contribution in [-0.4, -0.2) is 26.0 Å². The minimum absolute atomic E-state index is 0.152. The fourth-order valence-corrected chi connectivity index (χ4v) is 4.05. The molecule has 2 aromatic heterocycles. The van der Waals surface area contributed by atoms with E-state index in [1.165, 1.54) is 21.4 Å². The van der Waals surface area contributed by atoms with Crippen LogP contribution in [-0.2, 0) is 13.1 Å². The molecule has 5 nitrogen and oxygen atoms in total. The van der Waals surface area contributed by atoms with Crippen LogP contribution in [0.15, 0.2) is 65.5 Å². The van der Waals surface area contributed by atoms with Crippen molar-refractivity contribution < 1.29 is 0 Å². The SMILES string of the molecule is CCN(Cc1ccc(Cl)cc1)Cc1cc(=O)n2nc(-c3ccccc3)sc2n1. The zero-order chi connectivity index (χ0) is 19.5. The van der Waals surface area contributed by atoms with Crippen LogP contribution in [0.5, 0.6) is 0 Å². The standard InChI is InChI=1S/C21H19ClN4OS/c1-2-25(13-15-8-10-17(22)11-9-15)14-18-12-19(27)26-21(23-18)28-20(24-26)16-6-4-3-5-7-16/h3-12H,2,13-14H2,1H3. The number of fused-ring (bicyclic) bond motifs is 1. The van der Waals surface area contributed by atoms with E-state index >= 15 is 0 Å². The van der Waals surface area contributed by atoms with Crippen LogP contribution in [0.25, 0.3) is 15.5 Å². The van der Waals surface area contributed by atoms with E-state index in [4.69, 9.17) is 11.6 Å². The minimum Gasteiger partial charge on any atom is -0.294 e. The highest BCUT2D eigenvalue weighted by Crippen LogP contribution is 2.24. The molecule has 0 saturated heterocycles. The number of benzene rings is 2. The summed E-state index contributed by atoms with van der Waals surface area (Å²) in [5, 5.41) is 5.95. The van der Waals surface area contributed by atoms with Crippen molar-refractivity contribution in [1.29, 1.82) is 0 Å². The third kappa shape index (κ3) is 4.14. The van der Waals surface area contributed by atoms with Gasteiger partial charge in [0.15, 0.2) is 0 Å². The van der Waals surface area contributed by atoms with E-state index in [1.54, 1.807) is 6.07 Å². The average Bonchev–Trinajstić information content (AvgIpc) is 3.15. The molecule has 0 bridgehead atoms. The quantitative estimate of drug-likeness (QED) is 0.469. The predicted octanol–water partition coefficient (Wildman–Crippen LogP) is 4.49. The molecule has 0 fully saturated rings. The second-order valence-electron chi connectivity index (χ2n) is 6.48. The van der Waals surface area contributed by atoms with Crippen molar-refractivity contribution in [2.45, 2.75) is 20.0 Å². The highest BCUT2D eigenvalue weighted by molar-refractivity contribution is 7.19. The molecule has 0 spiro atoms. The molecule has 0 saturated carbocycles. The van der Waals surface area contributed by atoms with Gasteiger partial charge in [-0.05, 0) is 24.2 Å². The zero-order valence-electron chi connectivity index (χ0n) is 15.4. The summed E-state index contributed by atoms with van der Waals surface area (Å²) in [5.74, 6) is 0. The average molecular weight is 411 g/mol. The number of halogens is 1. The van der Waals surface area contributed by atoms with E-state index in [1.807, 2.05) is 54.6 Å². The number of aromatic nitrogens is 3. The van der Waals surface area contributed by atoms with Gasteiger partial charge in [-0.15, -0.1) is 0 Å². The summed E-state index contributed by atoms with van der Waals surface area (Å²) in [6.45, 7) is 4.32. The summed E-state index contributed by atoms with van der Waals surface area (Å²) in [6, 6.07) is 19.2.